The van der Waals surface area contributed by atoms with E-state index in [2.05, 4.69) is 0 Å². The highest BCUT2D eigenvalue weighted by atomic mass is 127. The Hall–Kier alpha value is -1.08. The van der Waals surface area contributed by atoms with E-state index >= 15 is 0 Å². The van der Waals surface area contributed by atoms with Gasteiger partial charge in [0.15, 0.2) is 0 Å². The molecule has 0 atom stereocenters. The number of hydrogen-bond donors (Lipinski definition) is 0. The first-order chi connectivity index (χ1) is 9.54. The highest BCUT2D eigenvalue weighted by Gasteiger charge is 2.11. The van der Waals surface area contributed by atoms with Gasteiger partial charge in [-0.2, -0.15) is 0 Å². The van der Waals surface area contributed by atoms with Crippen molar-refractivity contribution in [1.29, 1.82) is 0 Å². The van der Waals surface area contributed by atoms with Crippen molar-refractivity contribution in [3.63, 3.8) is 0 Å². The molecule has 6 heteroatoms. The molecule has 0 unspecified atom stereocenters. The molecule has 0 saturated heterocycles. The van der Waals surface area contributed by atoms with Crippen molar-refractivity contribution >= 4 is 34.2 Å². The summed E-state index contributed by atoms with van der Waals surface area (Å²) in [5.74, 6) is 0. The standard InChI is InChI=1S/C14H14ClIN2O2/c1-2-7-17-9-12(16)13(19)18(14(17)20)8-10-5-3-4-6-11(10)15/h3-6,9H,2,7-8H2,1H3. The molecule has 2 rings (SSSR count). The van der Waals surface area contributed by atoms with E-state index in [1.807, 2.05) is 47.7 Å². The van der Waals surface area contributed by atoms with E-state index in [0.29, 0.717) is 15.1 Å². The first-order valence-corrected chi connectivity index (χ1v) is 7.73. The molecule has 0 bridgehead atoms. The summed E-state index contributed by atoms with van der Waals surface area (Å²) in [6, 6.07) is 7.22. The maximum Gasteiger partial charge on any atom is 0.331 e. The molecule has 0 aliphatic carbocycles. The number of benzene rings is 1. The van der Waals surface area contributed by atoms with Crippen molar-refractivity contribution in [1.82, 2.24) is 9.13 Å². The zero-order chi connectivity index (χ0) is 14.7. The maximum absolute atomic E-state index is 12.3. The molecule has 0 radical (unpaired) electrons. The Morgan fingerprint density at radius 3 is 2.60 bits per heavy atom. The van der Waals surface area contributed by atoms with Crippen LogP contribution in [0.3, 0.4) is 0 Å². The average molecular weight is 405 g/mol. The molecule has 0 aliphatic rings. The van der Waals surface area contributed by atoms with Gasteiger partial charge in [0.2, 0.25) is 0 Å². The zero-order valence-electron chi connectivity index (χ0n) is 11.0. The van der Waals surface area contributed by atoms with Gasteiger partial charge in [-0.25, -0.2) is 4.79 Å². The summed E-state index contributed by atoms with van der Waals surface area (Å²) in [4.78, 5) is 24.5. The average Bonchev–Trinajstić information content (AvgIpc) is 2.43. The van der Waals surface area contributed by atoms with Gasteiger partial charge in [0.1, 0.15) is 0 Å². The Bertz CT molecular complexity index is 737. The summed E-state index contributed by atoms with van der Waals surface area (Å²) in [5, 5.41) is 0.555. The summed E-state index contributed by atoms with van der Waals surface area (Å²) < 4.78 is 3.33. The van der Waals surface area contributed by atoms with Crippen molar-refractivity contribution in [2.24, 2.45) is 0 Å². The number of hydrogen-bond acceptors (Lipinski definition) is 2. The van der Waals surface area contributed by atoms with Crippen LogP contribution in [0.1, 0.15) is 18.9 Å². The Kier molecular flexibility index (Phi) is 5.04. The predicted molar refractivity (Wildman–Crippen MR) is 88.5 cm³/mol. The molecular weight excluding hydrogens is 391 g/mol. The number of aromatic nitrogens is 2. The van der Waals surface area contributed by atoms with Crippen LogP contribution in [0.15, 0.2) is 40.1 Å². The van der Waals surface area contributed by atoms with Gasteiger partial charge < -0.3 is 0 Å². The molecule has 1 heterocycles. The van der Waals surface area contributed by atoms with Crippen molar-refractivity contribution in [3.8, 4) is 0 Å². The first kappa shape index (κ1) is 15.3. The fourth-order valence-electron chi connectivity index (χ4n) is 1.96. The minimum absolute atomic E-state index is 0.192. The number of aryl methyl sites for hydroxylation is 1. The van der Waals surface area contributed by atoms with E-state index in [1.54, 1.807) is 16.8 Å². The second-order valence-electron chi connectivity index (χ2n) is 4.44. The van der Waals surface area contributed by atoms with Gasteiger partial charge in [0.25, 0.3) is 5.56 Å². The molecule has 2 aromatic rings. The molecule has 1 aromatic heterocycles. The first-order valence-electron chi connectivity index (χ1n) is 6.27. The lowest BCUT2D eigenvalue weighted by Gasteiger charge is -2.11. The smallest absolute Gasteiger partial charge is 0.299 e. The summed E-state index contributed by atoms with van der Waals surface area (Å²) in [6.45, 7) is 2.78. The van der Waals surface area contributed by atoms with E-state index in [9.17, 15) is 9.59 Å². The van der Waals surface area contributed by atoms with E-state index in [-0.39, 0.29) is 17.8 Å². The Balaban J connectivity index is 2.54. The lowest BCUT2D eigenvalue weighted by Crippen LogP contribution is -2.41. The molecular formula is C14H14ClIN2O2. The molecule has 1 aromatic carbocycles. The highest BCUT2D eigenvalue weighted by Crippen LogP contribution is 2.15. The quantitative estimate of drug-likeness (QED) is 0.736. The number of halogens is 2. The second kappa shape index (κ2) is 6.58. The van der Waals surface area contributed by atoms with Crippen LogP contribution in [0.2, 0.25) is 5.02 Å². The van der Waals surface area contributed by atoms with Gasteiger partial charge in [0, 0.05) is 17.8 Å². The van der Waals surface area contributed by atoms with E-state index in [4.69, 9.17) is 11.6 Å². The van der Waals surface area contributed by atoms with Gasteiger partial charge in [-0.05, 0) is 40.6 Å². The molecule has 106 valence electrons. The third kappa shape index (κ3) is 3.15. The SMILES string of the molecule is CCCn1cc(I)c(=O)n(Cc2ccccc2Cl)c1=O. The zero-order valence-corrected chi connectivity index (χ0v) is 13.9. The van der Waals surface area contributed by atoms with Crippen LogP contribution in [0.4, 0.5) is 0 Å². The minimum atomic E-state index is -0.294. The predicted octanol–water partition coefficient (Wildman–Crippen LogP) is 2.73. The highest BCUT2D eigenvalue weighted by molar-refractivity contribution is 14.1. The van der Waals surface area contributed by atoms with Gasteiger partial charge in [0.05, 0.1) is 10.1 Å². The third-order valence-corrected chi connectivity index (χ3v) is 4.05. The molecule has 0 saturated carbocycles. The van der Waals surface area contributed by atoms with Crippen LogP contribution >= 0.6 is 34.2 Å². The van der Waals surface area contributed by atoms with Crippen molar-refractivity contribution in [3.05, 3.63) is 65.5 Å². The summed E-state index contributed by atoms with van der Waals surface area (Å²) in [6.07, 6.45) is 2.44. The van der Waals surface area contributed by atoms with Crippen LogP contribution in [0.25, 0.3) is 0 Å². The minimum Gasteiger partial charge on any atom is -0.299 e. The fraction of sp³-hybridized carbons (Fsp3) is 0.286. The third-order valence-electron chi connectivity index (χ3n) is 2.95. The van der Waals surface area contributed by atoms with Crippen LogP contribution in [0, 0.1) is 3.57 Å². The Morgan fingerprint density at radius 2 is 1.95 bits per heavy atom. The maximum atomic E-state index is 12.3. The largest absolute Gasteiger partial charge is 0.331 e. The Morgan fingerprint density at radius 1 is 1.25 bits per heavy atom. The van der Waals surface area contributed by atoms with Gasteiger partial charge in [-0.3, -0.25) is 13.9 Å². The lowest BCUT2D eigenvalue weighted by atomic mass is 10.2. The monoisotopic (exact) mass is 404 g/mol. The lowest BCUT2D eigenvalue weighted by molar-refractivity contribution is 0.566. The molecule has 0 N–H and O–H groups in total. The van der Waals surface area contributed by atoms with Crippen LogP contribution < -0.4 is 11.2 Å². The second-order valence-corrected chi connectivity index (χ2v) is 6.01. The normalized spacial score (nSPS) is 10.8. The van der Waals surface area contributed by atoms with Crippen LogP contribution in [0.5, 0.6) is 0 Å². The summed E-state index contributed by atoms with van der Waals surface area (Å²) in [5.41, 5.74) is 0.193. The fourth-order valence-corrected chi connectivity index (χ4v) is 2.78. The number of nitrogens with zero attached hydrogens (tertiary/aromatic N) is 2. The van der Waals surface area contributed by atoms with Crippen molar-refractivity contribution in [2.75, 3.05) is 0 Å². The molecule has 0 spiro atoms. The molecule has 4 nitrogen and oxygen atoms in total. The van der Waals surface area contributed by atoms with Gasteiger partial charge in [-0.15, -0.1) is 0 Å². The topological polar surface area (TPSA) is 44.0 Å². The van der Waals surface area contributed by atoms with Gasteiger partial charge in [-0.1, -0.05) is 36.7 Å². The summed E-state index contributed by atoms with van der Waals surface area (Å²) >= 11 is 8.05. The van der Waals surface area contributed by atoms with Gasteiger partial charge >= 0.3 is 5.69 Å². The molecule has 0 aliphatic heterocycles. The molecule has 0 amide bonds. The van der Waals surface area contributed by atoms with Crippen molar-refractivity contribution in [2.45, 2.75) is 26.4 Å². The van der Waals surface area contributed by atoms with Crippen molar-refractivity contribution < 1.29 is 0 Å². The van der Waals surface area contributed by atoms with E-state index in [1.165, 1.54) is 4.57 Å². The Labute approximate surface area is 135 Å². The van der Waals surface area contributed by atoms with E-state index in [0.717, 1.165) is 12.0 Å². The molecule has 0 fully saturated rings. The summed E-state index contributed by atoms with van der Waals surface area (Å²) in [7, 11) is 0. The molecule has 20 heavy (non-hydrogen) atoms. The van der Waals surface area contributed by atoms with Crippen LogP contribution in [-0.4, -0.2) is 9.13 Å². The van der Waals surface area contributed by atoms with Crippen LogP contribution in [-0.2, 0) is 13.1 Å². The number of rotatable bonds is 4. The van der Waals surface area contributed by atoms with E-state index < -0.39 is 0 Å².